The van der Waals surface area contributed by atoms with E-state index in [1.165, 1.54) is 0 Å². The molecule has 0 N–H and O–H groups in total. The Bertz CT molecular complexity index is 445. The fraction of sp³-hybridized carbons (Fsp3) is 0.909. The summed E-state index contributed by atoms with van der Waals surface area (Å²) in [6, 6.07) is 0. The van der Waals surface area contributed by atoms with Gasteiger partial charge in [0.05, 0.1) is 24.4 Å². The topological polar surface area (TPSA) is 71.1 Å². The number of carbonyl (C=O) groups is 2. The molecule has 0 saturated carbocycles. The molecule has 0 aromatic heterocycles. The Morgan fingerprint density at radius 3 is 1.11 bits per heavy atom. The third-order valence-corrected chi connectivity index (χ3v) is 4.95. The van der Waals surface area contributed by atoms with Crippen molar-refractivity contribution in [1.82, 2.24) is 0 Å². The first-order chi connectivity index (χ1) is 13.0. The lowest BCUT2D eigenvalue weighted by Gasteiger charge is -2.47. The summed E-state index contributed by atoms with van der Waals surface area (Å²) in [5, 5.41) is 0. The first-order valence-electron chi connectivity index (χ1n) is 10.7. The van der Waals surface area contributed by atoms with Gasteiger partial charge in [0.1, 0.15) is 0 Å². The Labute approximate surface area is 171 Å². The summed E-state index contributed by atoms with van der Waals surface area (Å²) >= 11 is 0. The molecule has 0 aliphatic carbocycles. The van der Waals surface area contributed by atoms with Crippen molar-refractivity contribution in [2.24, 2.45) is 0 Å². The highest BCUT2D eigenvalue weighted by atomic mass is 16.6. The van der Waals surface area contributed by atoms with E-state index in [9.17, 15) is 9.59 Å². The molecule has 4 atom stereocenters. The first kappa shape index (κ1) is 26.9. The van der Waals surface area contributed by atoms with Gasteiger partial charge in [-0.05, 0) is 67.2 Å². The number of carbonyl (C=O) groups excluding carboxylic acids is 2. The number of hydrogen-bond donors (Lipinski definition) is 0. The quantitative estimate of drug-likeness (QED) is 0.411. The number of ether oxygens (including phenoxy) is 4. The van der Waals surface area contributed by atoms with Crippen LogP contribution in [-0.4, -0.2) is 47.6 Å². The molecule has 0 radical (unpaired) electrons. The van der Waals surface area contributed by atoms with Gasteiger partial charge in [-0.3, -0.25) is 0 Å². The molecular formula is C22H42O6. The molecule has 0 aromatic rings. The summed E-state index contributed by atoms with van der Waals surface area (Å²) < 4.78 is 23.7. The van der Waals surface area contributed by atoms with Crippen molar-refractivity contribution in [3.63, 3.8) is 0 Å². The zero-order chi connectivity index (χ0) is 22.1. The van der Waals surface area contributed by atoms with Gasteiger partial charge in [-0.2, -0.15) is 0 Å². The SMILES string of the molecule is CCC(C)OC(=O)C(CC)(OC(C)C)C(CC)(OC(C)C)C(=O)OC(C)CC. The summed E-state index contributed by atoms with van der Waals surface area (Å²) in [4.78, 5) is 26.8. The molecule has 0 amide bonds. The lowest BCUT2D eigenvalue weighted by molar-refractivity contribution is -0.255. The van der Waals surface area contributed by atoms with Crippen LogP contribution in [0.1, 0.15) is 94.9 Å². The highest BCUT2D eigenvalue weighted by Gasteiger charge is 2.64. The second-order valence-electron chi connectivity index (χ2n) is 7.94. The molecule has 28 heavy (non-hydrogen) atoms. The highest BCUT2D eigenvalue weighted by Crippen LogP contribution is 2.41. The average Bonchev–Trinajstić information content (AvgIpc) is 2.63. The van der Waals surface area contributed by atoms with Gasteiger partial charge in [-0.25, -0.2) is 9.59 Å². The van der Waals surface area contributed by atoms with Gasteiger partial charge < -0.3 is 18.9 Å². The Morgan fingerprint density at radius 1 is 0.643 bits per heavy atom. The van der Waals surface area contributed by atoms with Crippen LogP contribution in [-0.2, 0) is 28.5 Å². The first-order valence-corrected chi connectivity index (χ1v) is 10.7. The number of hydrogen-bond acceptors (Lipinski definition) is 6. The fourth-order valence-electron chi connectivity index (χ4n) is 3.17. The monoisotopic (exact) mass is 402 g/mol. The van der Waals surface area contributed by atoms with Gasteiger partial charge in [-0.1, -0.05) is 27.7 Å². The maximum atomic E-state index is 13.4. The van der Waals surface area contributed by atoms with Crippen molar-refractivity contribution in [1.29, 1.82) is 0 Å². The van der Waals surface area contributed by atoms with Gasteiger partial charge >= 0.3 is 11.9 Å². The van der Waals surface area contributed by atoms with Crippen molar-refractivity contribution in [2.45, 2.75) is 131 Å². The van der Waals surface area contributed by atoms with E-state index >= 15 is 0 Å². The van der Waals surface area contributed by atoms with E-state index in [1.807, 2.05) is 69.2 Å². The van der Waals surface area contributed by atoms with E-state index in [1.54, 1.807) is 0 Å². The van der Waals surface area contributed by atoms with Crippen molar-refractivity contribution in [3.8, 4) is 0 Å². The highest BCUT2D eigenvalue weighted by molar-refractivity contribution is 5.93. The minimum Gasteiger partial charge on any atom is -0.460 e. The summed E-state index contributed by atoms with van der Waals surface area (Å²) in [6.07, 6.45) is 0.531. The number of rotatable bonds is 13. The standard InChI is InChI=1S/C22H42O6/c1-11-17(9)25-19(23)21(13-3,27-15(5)6)22(14-4,28-16(7)8)20(24)26-18(10)12-2/h15-18H,11-14H2,1-10H3. The molecule has 166 valence electrons. The Hall–Kier alpha value is -1.14. The molecule has 0 rings (SSSR count). The van der Waals surface area contributed by atoms with E-state index in [4.69, 9.17) is 18.9 Å². The molecule has 0 saturated heterocycles. The summed E-state index contributed by atoms with van der Waals surface area (Å²) in [6.45, 7) is 18.5. The van der Waals surface area contributed by atoms with E-state index in [0.29, 0.717) is 12.8 Å². The van der Waals surface area contributed by atoms with Crippen LogP contribution < -0.4 is 0 Å². The zero-order valence-electron chi connectivity index (χ0n) is 19.6. The van der Waals surface area contributed by atoms with Gasteiger partial charge in [0, 0.05) is 0 Å². The Kier molecular flexibility index (Phi) is 11.3. The van der Waals surface area contributed by atoms with Crippen LogP contribution in [0.25, 0.3) is 0 Å². The third-order valence-electron chi connectivity index (χ3n) is 4.95. The van der Waals surface area contributed by atoms with Crippen molar-refractivity contribution in [2.75, 3.05) is 0 Å². The predicted molar refractivity (Wildman–Crippen MR) is 110 cm³/mol. The molecule has 0 fully saturated rings. The van der Waals surface area contributed by atoms with Crippen molar-refractivity contribution in [3.05, 3.63) is 0 Å². The van der Waals surface area contributed by atoms with Gasteiger partial charge in [-0.15, -0.1) is 0 Å². The van der Waals surface area contributed by atoms with Crippen LogP contribution in [0.2, 0.25) is 0 Å². The van der Waals surface area contributed by atoms with Crippen LogP contribution >= 0.6 is 0 Å². The summed E-state index contributed by atoms with van der Waals surface area (Å²) in [7, 11) is 0. The molecule has 6 nitrogen and oxygen atoms in total. The fourth-order valence-corrected chi connectivity index (χ4v) is 3.17. The van der Waals surface area contributed by atoms with Gasteiger partial charge in [0.15, 0.2) is 0 Å². The lowest BCUT2D eigenvalue weighted by Crippen LogP contribution is -2.68. The smallest absolute Gasteiger partial charge is 0.342 e. The summed E-state index contributed by atoms with van der Waals surface area (Å²) in [5.74, 6) is -1.16. The predicted octanol–water partition coefficient (Wildman–Crippen LogP) is 4.82. The van der Waals surface area contributed by atoms with Crippen molar-refractivity contribution < 1.29 is 28.5 Å². The zero-order valence-corrected chi connectivity index (χ0v) is 19.6. The second-order valence-corrected chi connectivity index (χ2v) is 7.94. The van der Waals surface area contributed by atoms with Crippen LogP contribution in [0.4, 0.5) is 0 Å². The molecule has 0 aliphatic rings. The molecule has 6 heteroatoms. The average molecular weight is 403 g/mol. The minimum atomic E-state index is -1.60. The molecule has 0 heterocycles. The van der Waals surface area contributed by atoms with Crippen LogP contribution in [0.15, 0.2) is 0 Å². The molecule has 0 aliphatic heterocycles. The number of esters is 2. The van der Waals surface area contributed by atoms with Gasteiger partial charge in [0.25, 0.3) is 0 Å². The van der Waals surface area contributed by atoms with Gasteiger partial charge in [0.2, 0.25) is 11.2 Å². The minimum absolute atomic E-state index is 0.219. The third kappa shape index (κ3) is 6.18. The largest absolute Gasteiger partial charge is 0.460 e. The Balaban J connectivity index is 6.55. The van der Waals surface area contributed by atoms with Crippen LogP contribution in [0, 0.1) is 0 Å². The molecule has 4 unspecified atom stereocenters. The maximum absolute atomic E-state index is 13.4. The normalized spacial score (nSPS) is 18.3. The van der Waals surface area contributed by atoms with E-state index in [0.717, 1.165) is 0 Å². The summed E-state index contributed by atoms with van der Waals surface area (Å²) in [5.41, 5.74) is -3.21. The Morgan fingerprint density at radius 2 is 0.929 bits per heavy atom. The molecule has 0 bridgehead atoms. The maximum Gasteiger partial charge on any atom is 0.342 e. The van der Waals surface area contributed by atoms with Crippen molar-refractivity contribution >= 4 is 11.9 Å². The van der Waals surface area contributed by atoms with Crippen LogP contribution in [0.5, 0.6) is 0 Å². The van der Waals surface area contributed by atoms with E-state index in [-0.39, 0.29) is 37.3 Å². The van der Waals surface area contributed by atoms with E-state index < -0.39 is 23.1 Å². The second kappa shape index (κ2) is 11.8. The molecule has 0 spiro atoms. The molecular weight excluding hydrogens is 360 g/mol. The molecule has 0 aromatic carbocycles. The lowest BCUT2D eigenvalue weighted by atomic mass is 9.77. The van der Waals surface area contributed by atoms with Crippen LogP contribution in [0.3, 0.4) is 0 Å². The van der Waals surface area contributed by atoms with E-state index in [2.05, 4.69) is 0 Å².